The van der Waals surface area contributed by atoms with Crippen LogP contribution in [0.4, 0.5) is 4.39 Å². The summed E-state index contributed by atoms with van der Waals surface area (Å²) in [4.78, 5) is 16.4. The van der Waals surface area contributed by atoms with Crippen LogP contribution in [-0.2, 0) is 24.2 Å². The van der Waals surface area contributed by atoms with E-state index in [0.717, 1.165) is 63.2 Å². The Morgan fingerprint density at radius 1 is 1.07 bits per heavy atom. The van der Waals surface area contributed by atoms with E-state index in [-0.39, 0.29) is 17.3 Å². The molecule has 4 rings (SSSR count). The van der Waals surface area contributed by atoms with E-state index < -0.39 is 0 Å². The Morgan fingerprint density at radius 3 is 2.47 bits per heavy atom. The molecule has 0 N–H and O–H groups in total. The van der Waals surface area contributed by atoms with E-state index in [0.29, 0.717) is 17.7 Å². The van der Waals surface area contributed by atoms with E-state index in [1.807, 2.05) is 24.3 Å². The Labute approximate surface area is 176 Å². The highest BCUT2D eigenvalue weighted by molar-refractivity contribution is 5.93. The molecule has 2 aliphatic heterocycles. The van der Waals surface area contributed by atoms with Gasteiger partial charge in [-0.25, -0.2) is 9.18 Å². The van der Waals surface area contributed by atoms with Crippen LogP contribution < -0.4 is 0 Å². The molecule has 5 nitrogen and oxygen atoms in total. The molecule has 1 saturated heterocycles. The number of carbonyl (C=O) groups excluding carboxylic acids is 1. The molecule has 0 amide bonds. The normalized spacial score (nSPS) is 16.9. The number of fused-ring (bicyclic) bond motifs is 1. The smallest absolute Gasteiger partial charge is 0.338 e. The molecule has 0 atom stereocenters. The second-order valence-corrected chi connectivity index (χ2v) is 8.07. The van der Waals surface area contributed by atoms with Gasteiger partial charge in [-0.05, 0) is 48.6 Å². The number of ether oxygens (including phenoxy) is 1. The first-order chi connectivity index (χ1) is 14.5. The largest absolute Gasteiger partial charge is 0.457 e. The molecule has 2 aliphatic rings. The molecule has 0 aromatic heterocycles. The molecular weight excluding hydrogens is 381 g/mol. The van der Waals surface area contributed by atoms with Gasteiger partial charge in [-0.15, -0.1) is 0 Å². The maximum Gasteiger partial charge on any atom is 0.338 e. The summed E-state index contributed by atoms with van der Waals surface area (Å²) in [6.07, 6.45) is 1.76. The van der Waals surface area contributed by atoms with Gasteiger partial charge < -0.3 is 14.5 Å². The van der Waals surface area contributed by atoms with E-state index in [4.69, 9.17) is 10.00 Å². The third-order valence-corrected chi connectivity index (χ3v) is 6.25. The lowest BCUT2D eigenvalue weighted by molar-refractivity contribution is 0.0535. The predicted molar refractivity (Wildman–Crippen MR) is 112 cm³/mol. The predicted octanol–water partition coefficient (Wildman–Crippen LogP) is 3.08. The summed E-state index contributed by atoms with van der Waals surface area (Å²) < 4.78 is 19.2. The summed E-state index contributed by atoms with van der Waals surface area (Å²) in [5.74, 6) is -0.603. The fourth-order valence-electron chi connectivity index (χ4n) is 4.23. The fraction of sp³-hybridized carbons (Fsp3) is 0.417. The van der Waals surface area contributed by atoms with Gasteiger partial charge in [-0.3, -0.25) is 0 Å². The average molecular weight is 407 g/mol. The first-order valence-electron chi connectivity index (χ1n) is 10.5. The van der Waals surface area contributed by atoms with Crippen molar-refractivity contribution in [1.29, 1.82) is 5.26 Å². The first kappa shape index (κ1) is 20.5. The van der Waals surface area contributed by atoms with Crippen LogP contribution in [0.5, 0.6) is 0 Å². The van der Waals surface area contributed by atoms with Crippen molar-refractivity contribution in [1.82, 2.24) is 9.80 Å². The highest BCUT2D eigenvalue weighted by Gasteiger charge is 2.21. The number of cyclic esters (lactones) is 1. The van der Waals surface area contributed by atoms with Crippen molar-refractivity contribution in [2.24, 2.45) is 0 Å². The van der Waals surface area contributed by atoms with Gasteiger partial charge in [-0.2, -0.15) is 5.26 Å². The van der Waals surface area contributed by atoms with Gasteiger partial charge in [0.1, 0.15) is 18.5 Å². The van der Waals surface area contributed by atoms with Gasteiger partial charge in [-0.1, -0.05) is 18.2 Å². The lowest BCUT2D eigenvalue weighted by atomic mass is 10.0. The topological polar surface area (TPSA) is 56.6 Å². The Kier molecular flexibility index (Phi) is 6.12. The number of hydrogen-bond donors (Lipinski definition) is 0. The number of benzene rings is 2. The van der Waals surface area contributed by atoms with Crippen LogP contribution in [0.3, 0.4) is 0 Å². The summed E-state index contributed by atoms with van der Waals surface area (Å²) >= 11 is 0. The molecule has 30 heavy (non-hydrogen) atoms. The molecule has 2 aromatic carbocycles. The van der Waals surface area contributed by atoms with E-state index >= 15 is 0 Å². The standard InChI is InChI=1S/C24H26FN3O2/c1-17-19(3-4-20(15-26)23(17)25)7-9-28-12-10-27(11-13-28)8-6-18-2-5-22-21(14-18)16-30-24(22)29/h2-5,14H,6-13,16H2,1H3. The molecule has 6 heteroatoms. The maximum absolute atomic E-state index is 14.1. The van der Waals surface area contributed by atoms with Gasteiger partial charge in [0.05, 0.1) is 11.1 Å². The van der Waals surface area contributed by atoms with Crippen LogP contribution in [0.25, 0.3) is 0 Å². The van der Waals surface area contributed by atoms with Gasteiger partial charge in [0.25, 0.3) is 0 Å². The van der Waals surface area contributed by atoms with Crippen LogP contribution in [0.2, 0.25) is 0 Å². The fourth-order valence-corrected chi connectivity index (χ4v) is 4.23. The number of nitriles is 1. The van der Waals surface area contributed by atoms with Crippen molar-refractivity contribution >= 4 is 5.97 Å². The highest BCUT2D eigenvalue weighted by Crippen LogP contribution is 2.21. The first-order valence-corrected chi connectivity index (χ1v) is 10.5. The van der Waals surface area contributed by atoms with Crippen LogP contribution >= 0.6 is 0 Å². The SMILES string of the molecule is Cc1c(CCN2CCN(CCc3ccc4c(c3)COC4=O)CC2)ccc(C#N)c1F. The highest BCUT2D eigenvalue weighted by atomic mass is 19.1. The Morgan fingerprint density at radius 2 is 1.77 bits per heavy atom. The summed E-state index contributed by atoms with van der Waals surface area (Å²) in [5, 5.41) is 8.94. The molecular formula is C24H26FN3O2. The van der Waals surface area contributed by atoms with Crippen LogP contribution in [0.15, 0.2) is 30.3 Å². The zero-order valence-corrected chi connectivity index (χ0v) is 17.3. The van der Waals surface area contributed by atoms with Crippen LogP contribution in [0.1, 0.15) is 38.2 Å². The lowest BCUT2D eigenvalue weighted by Gasteiger charge is -2.34. The summed E-state index contributed by atoms with van der Waals surface area (Å²) in [6, 6.07) is 11.4. The second kappa shape index (κ2) is 8.95. The Hall–Kier alpha value is -2.75. The summed E-state index contributed by atoms with van der Waals surface area (Å²) in [6.45, 7) is 8.10. The average Bonchev–Trinajstić information content (AvgIpc) is 3.14. The molecule has 0 bridgehead atoms. The molecule has 0 unspecified atom stereocenters. The van der Waals surface area contributed by atoms with Crippen molar-refractivity contribution < 1.29 is 13.9 Å². The molecule has 0 spiro atoms. The zero-order valence-electron chi connectivity index (χ0n) is 17.3. The van der Waals surface area contributed by atoms with E-state index in [1.54, 1.807) is 13.0 Å². The Bertz CT molecular complexity index is 991. The number of rotatable bonds is 6. The molecule has 1 fully saturated rings. The van der Waals surface area contributed by atoms with Crippen molar-refractivity contribution in [3.8, 4) is 6.07 Å². The lowest BCUT2D eigenvalue weighted by Crippen LogP contribution is -2.47. The number of halogens is 1. The van der Waals surface area contributed by atoms with Gasteiger partial charge in [0.15, 0.2) is 0 Å². The third-order valence-electron chi connectivity index (χ3n) is 6.25. The minimum absolute atomic E-state index is 0.118. The molecule has 2 aromatic rings. The van der Waals surface area contributed by atoms with Crippen molar-refractivity contribution in [3.63, 3.8) is 0 Å². The van der Waals surface area contributed by atoms with Crippen molar-refractivity contribution in [2.75, 3.05) is 39.3 Å². The van der Waals surface area contributed by atoms with Gasteiger partial charge >= 0.3 is 5.97 Å². The number of esters is 1. The summed E-state index contributed by atoms with van der Waals surface area (Å²) in [7, 11) is 0. The monoisotopic (exact) mass is 407 g/mol. The Balaban J connectivity index is 1.22. The van der Waals surface area contributed by atoms with Gasteiger partial charge in [0, 0.05) is 44.8 Å². The minimum atomic E-state index is -0.387. The van der Waals surface area contributed by atoms with Crippen molar-refractivity contribution in [3.05, 3.63) is 69.5 Å². The van der Waals surface area contributed by atoms with E-state index in [2.05, 4.69) is 15.9 Å². The maximum atomic E-state index is 14.1. The molecule has 0 aliphatic carbocycles. The number of hydrogen-bond acceptors (Lipinski definition) is 5. The molecule has 2 heterocycles. The zero-order chi connectivity index (χ0) is 21.1. The summed E-state index contributed by atoms with van der Waals surface area (Å²) in [5.41, 5.74) is 4.63. The number of nitrogens with zero attached hydrogens (tertiary/aromatic N) is 3. The van der Waals surface area contributed by atoms with E-state index in [9.17, 15) is 9.18 Å². The third kappa shape index (κ3) is 4.38. The minimum Gasteiger partial charge on any atom is -0.457 e. The van der Waals surface area contributed by atoms with E-state index in [1.165, 1.54) is 5.56 Å². The molecule has 0 saturated carbocycles. The quantitative estimate of drug-likeness (QED) is 0.689. The van der Waals surface area contributed by atoms with Crippen molar-refractivity contribution in [2.45, 2.75) is 26.4 Å². The second-order valence-electron chi connectivity index (χ2n) is 8.07. The number of carbonyl (C=O) groups is 1. The van der Waals surface area contributed by atoms with Crippen LogP contribution in [-0.4, -0.2) is 55.0 Å². The molecule has 0 radical (unpaired) electrons. The van der Waals surface area contributed by atoms with Gasteiger partial charge in [0.2, 0.25) is 0 Å². The number of piperazine rings is 1. The van der Waals surface area contributed by atoms with Crippen LogP contribution in [0, 0.1) is 24.1 Å². The molecule has 156 valence electrons.